The Morgan fingerprint density at radius 1 is 1.25 bits per heavy atom. The summed E-state index contributed by atoms with van der Waals surface area (Å²) in [6, 6.07) is 11.0. The minimum Gasteiger partial charge on any atom is -0.357 e. The fourth-order valence-electron chi connectivity index (χ4n) is 3.02. The van der Waals surface area contributed by atoms with Gasteiger partial charge in [0, 0.05) is 31.6 Å². The third-order valence-electron chi connectivity index (χ3n) is 4.41. The summed E-state index contributed by atoms with van der Waals surface area (Å²) in [7, 11) is 0. The molecule has 1 aromatic rings. The number of rotatable bonds is 5. The highest BCUT2D eigenvalue weighted by Crippen LogP contribution is 2.26. The van der Waals surface area contributed by atoms with E-state index in [0.717, 1.165) is 44.9 Å². The van der Waals surface area contributed by atoms with Crippen molar-refractivity contribution in [3.8, 4) is 0 Å². The van der Waals surface area contributed by atoms with Crippen LogP contribution in [0.25, 0.3) is 0 Å². The van der Waals surface area contributed by atoms with Gasteiger partial charge in [-0.15, -0.1) is 24.0 Å². The standard InChI is InChI=1S/C18H26N4O.HI/c1-2-19-18(20-12-17(23)21-16-8-9-16)22-11-10-15(13-22)14-6-4-3-5-7-14;/h3-7,15-16H,2,8-13H2,1H3,(H,19,20)(H,21,23);1H. The zero-order valence-corrected chi connectivity index (χ0v) is 16.5. The lowest BCUT2D eigenvalue weighted by Crippen LogP contribution is -2.41. The second kappa shape index (κ2) is 9.25. The highest BCUT2D eigenvalue weighted by atomic mass is 127. The van der Waals surface area contributed by atoms with Crippen molar-refractivity contribution in [2.45, 2.75) is 38.1 Å². The van der Waals surface area contributed by atoms with Crippen molar-refractivity contribution in [2.24, 2.45) is 4.99 Å². The van der Waals surface area contributed by atoms with Crippen LogP contribution < -0.4 is 10.6 Å². The molecular weight excluding hydrogens is 415 g/mol. The Labute approximate surface area is 161 Å². The zero-order valence-electron chi connectivity index (χ0n) is 14.2. The molecule has 1 saturated heterocycles. The lowest BCUT2D eigenvalue weighted by Gasteiger charge is -2.21. The van der Waals surface area contributed by atoms with E-state index in [1.54, 1.807) is 0 Å². The maximum atomic E-state index is 11.8. The summed E-state index contributed by atoms with van der Waals surface area (Å²) in [5.41, 5.74) is 1.39. The number of benzene rings is 1. The predicted octanol–water partition coefficient (Wildman–Crippen LogP) is 2.34. The molecule has 1 saturated carbocycles. The van der Waals surface area contributed by atoms with Crippen LogP contribution in [0.1, 0.15) is 37.7 Å². The molecular formula is C18H27IN4O. The Bertz CT molecular complexity index is 559. The summed E-state index contributed by atoms with van der Waals surface area (Å²) in [6.45, 7) is 5.03. The Morgan fingerprint density at radius 3 is 2.67 bits per heavy atom. The van der Waals surface area contributed by atoms with Crippen molar-refractivity contribution >= 4 is 35.8 Å². The van der Waals surface area contributed by atoms with E-state index in [-0.39, 0.29) is 36.4 Å². The van der Waals surface area contributed by atoms with Crippen LogP contribution in [-0.2, 0) is 4.79 Å². The van der Waals surface area contributed by atoms with Crippen molar-refractivity contribution in [1.82, 2.24) is 15.5 Å². The molecule has 0 aromatic heterocycles. The van der Waals surface area contributed by atoms with Gasteiger partial charge in [0.05, 0.1) is 0 Å². The summed E-state index contributed by atoms with van der Waals surface area (Å²) in [5.74, 6) is 1.43. The van der Waals surface area contributed by atoms with Crippen molar-refractivity contribution in [1.29, 1.82) is 0 Å². The maximum absolute atomic E-state index is 11.8. The number of guanidine groups is 1. The van der Waals surface area contributed by atoms with Crippen LogP contribution in [0.3, 0.4) is 0 Å². The van der Waals surface area contributed by atoms with Gasteiger partial charge in [0.15, 0.2) is 5.96 Å². The lowest BCUT2D eigenvalue weighted by atomic mass is 9.99. The molecule has 0 radical (unpaired) electrons. The molecule has 2 fully saturated rings. The smallest absolute Gasteiger partial charge is 0.242 e. The molecule has 5 nitrogen and oxygen atoms in total. The fraction of sp³-hybridized carbons (Fsp3) is 0.556. The van der Waals surface area contributed by atoms with Crippen LogP contribution >= 0.6 is 24.0 Å². The molecule has 0 bridgehead atoms. The molecule has 6 heteroatoms. The Hall–Kier alpha value is -1.31. The number of hydrogen-bond acceptors (Lipinski definition) is 2. The van der Waals surface area contributed by atoms with E-state index in [9.17, 15) is 4.79 Å². The third kappa shape index (κ3) is 5.36. The van der Waals surface area contributed by atoms with E-state index in [2.05, 4.69) is 57.8 Å². The van der Waals surface area contributed by atoms with E-state index in [4.69, 9.17) is 0 Å². The number of likely N-dealkylation sites (tertiary alicyclic amines) is 1. The van der Waals surface area contributed by atoms with Gasteiger partial charge in [0.1, 0.15) is 6.54 Å². The van der Waals surface area contributed by atoms with Crippen LogP contribution in [0.2, 0.25) is 0 Å². The molecule has 1 amide bonds. The van der Waals surface area contributed by atoms with Crippen molar-refractivity contribution in [3.05, 3.63) is 35.9 Å². The normalized spacial score (nSPS) is 20.5. The lowest BCUT2D eigenvalue weighted by molar-refractivity contribution is -0.119. The second-order valence-corrected chi connectivity index (χ2v) is 6.35. The van der Waals surface area contributed by atoms with Gasteiger partial charge >= 0.3 is 0 Å². The minimum absolute atomic E-state index is 0. The third-order valence-corrected chi connectivity index (χ3v) is 4.41. The first-order valence-corrected chi connectivity index (χ1v) is 8.64. The van der Waals surface area contributed by atoms with Gasteiger partial charge in [0.2, 0.25) is 5.91 Å². The van der Waals surface area contributed by atoms with Gasteiger partial charge in [-0.05, 0) is 31.7 Å². The van der Waals surface area contributed by atoms with Crippen LogP contribution in [-0.4, -0.2) is 49.0 Å². The number of amides is 1. The molecule has 1 atom stereocenters. The van der Waals surface area contributed by atoms with E-state index in [0.29, 0.717) is 12.0 Å². The monoisotopic (exact) mass is 442 g/mol. The zero-order chi connectivity index (χ0) is 16.1. The molecule has 1 heterocycles. The van der Waals surface area contributed by atoms with Gasteiger partial charge in [-0.1, -0.05) is 30.3 Å². The van der Waals surface area contributed by atoms with E-state index >= 15 is 0 Å². The van der Waals surface area contributed by atoms with E-state index in [1.807, 2.05) is 0 Å². The van der Waals surface area contributed by atoms with Crippen molar-refractivity contribution < 1.29 is 4.79 Å². The van der Waals surface area contributed by atoms with Crippen molar-refractivity contribution in [3.63, 3.8) is 0 Å². The predicted molar refractivity (Wildman–Crippen MR) is 108 cm³/mol. The Balaban J connectivity index is 0.00000208. The fourth-order valence-corrected chi connectivity index (χ4v) is 3.02. The highest BCUT2D eigenvalue weighted by molar-refractivity contribution is 14.0. The van der Waals surface area contributed by atoms with E-state index < -0.39 is 0 Å². The first-order chi connectivity index (χ1) is 11.3. The summed E-state index contributed by atoms with van der Waals surface area (Å²) >= 11 is 0. The molecule has 1 aromatic carbocycles. The number of aliphatic imine (C=N–C) groups is 1. The molecule has 132 valence electrons. The molecule has 2 aliphatic rings. The molecule has 2 N–H and O–H groups in total. The number of nitrogens with zero attached hydrogens (tertiary/aromatic N) is 2. The first kappa shape index (κ1) is 19.0. The maximum Gasteiger partial charge on any atom is 0.242 e. The van der Waals surface area contributed by atoms with Crippen molar-refractivity contribution in [2.75, 3.05) is 26.2 Å². The van der Waals surface area contributed by atoms with Gasteiger partial charge in [-0.2, -0.15) is 0 Å². The van der Waals surface area contributed by atoms with Crippen LogP contribution in [0, 0.1) is 0 Å². The van der Waals surface area contributed by atoms with Gasteiger partial charge < -0.3 is 15.5 Å². The molecule has 1 unspecified atom stereocenters. The van der Waals surface area contributed by atoms with Gasteiger partial charge in [-0.25, -0.2) is 4.99 Å². The number of hydrogen-bond donors (Lipinski definition) is 2. The number of halogens is 1. The molecule has 24 heavy (non-hydrogen) atoms. The second-order valence-electron chi connectivity index (χ2n) is 6.35. The van der Waals surface area contributed by atoms with E-state index in [1.165, 1.54) is 5.56 Å². The average molecular weight is 442 g/mol. The summed E-state index contributed by atoms with van der Waals surface area (Å²) in [4.78, 5) is 18.6. The van der Waals surface area contributed by atoms with Crippen LogP contribution in [0.5, 0.6) is 0 Å². The average Bonchev–Trinajstić information content (AvgIpc) is 3.25. The van der Waals surface area contributed by atoms with Crippen LogP contribution in [0.15, 0.2) is 35.3 Å². The Morgan fingerprint density at radius 2 is 2.00 bits per heavy atom. The number of carbonyl (C=O) groups excluding carboxylic acids is 1. The van der Waals surface area contributed by atoms with Gasteiger partial charge in [0.25, 0.3) is 0 Å². The number of nitrogens with one attached hydrogen (secondary N) is 2. The minimum atomic E-state index is 0. The summed E-state index contributed by atoms with van der Waals surface area (Å²) < 4.78 is 0. The molecule has 0 spiro atoms. The first-order valence-electron chi connectivity index (χ1n) is 8.64. The molecule has 3 rings (SSSR count). The molecule has 1 aliphatic heterocycles. The van der Waals surface area contributed by atoms with Gasteiger partial charge in [-0.3, -0.25) is 4.79 Å². The summed E-state index contributed by atoms with van der Waals surface area (Å²) in [5, 5.41) is 6.30. The number of carbonyl (C=O) groups is 1. The largest absolute Gasteiger partial charge is 0.357 e. The highest BCUT2D eigenvalue weighted by Gasteiger charge is 2.26. The Kier molecular flexibility index (Phi) is 7.33. The van der Waals surface area contributed by atoms with Crippen LogP contribution in [0.4, 0.5) is 0 Å². The summed E-state index contributed by atoms with van der Waals surface area (Å²) in [6.07, 6.45) is 3.35. The molecule has 1 aliphatic carbocycles. The topological polar surface area (TPSA) is 56.7 Å². The quantitative estimate of drug-likeness (QED) is 0.418. The SMILES string of the molecule is CCNC(=NCC(=O)NC1CC1)N1CCC(c2ccccc2)C1.I.